The van der Waals surface area contributed by atoms with E-state index >= 15 is 0 Å². The van der Waals surface area contributed by atoms with Crippen molar-refractivity contribution in [3.8, 4) is 5.75 Å². The predicted octanol–water partition coefficient (Wildman–Crippen LogP) is 3.80. The number of aryl methyl sites for hydroxylation is 1. The molecule has 96 valence electrons. The molecule has 1 aromatic heterocycles. The lowest BCUT2D eigenvalue weighted by atomic mass is 10.0. The van der Waals surface area contributed by atoms with Gasteiger partial charge in [0.2, 0.25) is 0 Å². The second-order valence-electron chi connectivity index (χ2n) is 4.06. The first-order valence-electron chi connectivity index (χ1n) is 5.85. The van der Waals surface area contributed by atoms with Crippen LogP contribution >= 0.6 is 15.9 Å². The molecule has 1 unspecified atom stereocenters. The van der Waals surface area contributed by atoms with Gasteiger partial charge in [-0.1, -0.05) is 15.9 Å². The molecule has 0 spiro atoms. The molecule has 2 aromatic rings. The molecule has 18 heavy (non-hydrogen) atoms. The molecule has 0 saturated heterocycles. The molecule has 1 atom stereocenters. The molecule has 1 aromatic carbocycles. The van der Waals surface area contributed by atoms with Gasteiger partial charge in [-0.15, -0.1) is 0 Å². The standard InChI is InChI=1S/C14H16BrNO2/c1-3-17-12-5-4-10(15)8-11(12)13(16)14-9(2)6-7-18-14/h4-8,13H,3,16H2,1-2H3. The fraction of sp³-hybridized carbons (Fsp3) is 0.286. The second kappa shape index (κ2) is 5.59. The van der Waals surface area contributed by atoms with Gasteiger partial charge >= 0.3 is 0 Å². The quantitative estimate of drug-likeness (QED) is 0.934. The molecular formula is C14H16BrNO2. The summed E-state index contributed by atoms with van der Waals surface area (Å²) in [6.07, 6.45) is 1.66. The van der Waals surface area contributed by atoms with Crippen LogP contribution < -0.4 is 10.5 Å². The molecular weight excluding hydrogens is 294 g/mol. The van der Waals surface area contributed by atoms with Crippen LogP contribution in [0.1, 0.15) is 29.9 Å². The minimum atomic E-state index is -0.320. The van der Waals surface area contributed by atoms with Gasteiger partial charge in [0.25, 0.3) is 0 Å². The van der Waals surface area contributed by atoms with Crippen LogP contribution in [-0.4, -0.2) is 6.61 Å². The maximum atomic E-state index is 6.27. The molecule has 0 aliphatic carbocycles. The van der Waals surface area contributed by atoms with E-state index in [-0.39, 0.29) is 6.04 Å². The third-order valence-electron chi connectivity index (χ3n) is 2.79. The van der Waals surface area contributed by atoms with Crippen molar-refractivity contribution in [3.63, 3.8) is 0 Å². The zero-order valence-electron chi connectivity index (χ0n) is 10.4. The van der Waals surface area contributed by atoms with Gasteiger partial charge in [-0.05, 0) is 43.7 Å². The second-order valence-corrected chi connectivity index (χ2v) is 4.98. The Kier molecular flexibility index (Phi) is 4.09. The highest BCUT2D eigenvalue weighted by molar-refractivity contribution is 9.10. The summed E-state index contributed by atoms with van der Waals surface area (Å²) in [5.41, 5.74) is 8.23. The summed E-state index contributed by atoms with van der Waals surface area (Å²) in [4.78, 5) is 0. The van der Waals surface area contributed by atoms with Gasteiger partial charge in [0.1, 0.15) is 11.5 Å². The molecule has 2 N–H and O–H groups in total. The van der Waals surface area contributed by atoms with Crippen LogP contribution in [0.3, 0.4) is 0 Å². The van der Waals surface area contributed by atoms with Gasteiger partial charge in [0.05, 0.1) is 18.9 Å². The summed E-state index contributed by atoms with van der Waals surface area (Å²) in [5, 5.41) is 0. The van der Waals surface area contributed by atoms with Crippen molar-refractivity contribution < 1.29 is 9.15 Å². The number of furan rings is 1. The number of hydrogen-bond donors (Lipinski definition) is 1. The lowest BCUT2D eigenvalue weighted by molar-refractivity contribution is 0.333. The molecule has 0 aliphatic rings. The number of benzene rings is 1. The molecule has 1 heterocycles. The summed E-state index contributed by atoms with van der Waals surface area (Å²) < 4.78 is 12.0. The molecule has 0 fully saturated rings. The molecule has 0 amide bonds. The van der Waals surface area contributed by atoms with Crippen LogP contribution in [0.5, 0.6) is 5.75 Å². The van der Waals surface area contributed by atoms with E-state index in [1.165, 1.54) is 0 Å². The summed E-state index contributed by atoms with van der Waals surface area (Å²) in [5.74, 6) is 1.57. The first-order valence-corrected chi connectivity index (χ1v) is 6.64. The number of hydrogen-bond acceptors (Lipinski definition) is 3. The van der Waals surface area contributed by atoms with E-state index in [0.717, 1.165) is 27.1 Å². The van der Waals surface area contributed by atoms with Crippen molar-refractivity contribution in [1.82, 2.24) is 0 Å². The lowest BCUT2D eigenvalue weighted by Gasteiger charge is -2.16. The molecule has 3 nitrogen and oxygen atoms in total. The molecule has 4 heteroatoms. The van der Waals surface area contributed by atoms with Crippen molar-refractivity contribution in [3.05, 3.63) is 51.9 Å². The van der Waals surface area contributed by atoms with Crippen LogP contribution in [-0.2, 0) is 0 Å². The summed E-state index contributed by atoms with van der Waals surface area (Å²) in [7, 11) is 0. The highest BCUT2D eigenvalue weighted by atomic mass is 79.9. The number of nitrogens with two attached hydrogens (primary N) is 1. The van der Waals surface area contributed by atoms with Crippen molar-refractivity contribution in [2.24, 2.45) is 5.73 Å². The average molecular weight is 310 g/mol. The highest BCUT2D eigenvalue weighted by Gasteiger charge is 2.19. The molecule has 0 radical (unpaired) electrons. The maximum absolute atomic E-state index is 6.27. The largest absolute Gasteiger partial charge is 0.494 e. The zero-order valence-corrected chi connectivity index (χ0v) is 12.0. The Morgan fingerprint density at radius 2 is 2.17 bits per heavy atom. The van der Waals surface area contributed by atoms with Gasteiger partial charge in [-0.2, -0.15) is 0 Å². The van der Waals surface area contributed by atoms with Gasteiger partial charge in [-0.3, -0.25) is 0 Å². The molecule has 0 aliphatic heterocycles. The Bertz CT molecular complexity index is 536. The van der Waals surface area contributed by atoms with Crippen molar-refractivity contribution in [2.45, 2.75) is 19.9 Å². The first kappa shape index (κ1) is 13.2. The zero-order chi connectivity index (χ0) is 13.1. The van der Waals surface area contributed by atoms with Gasteiger partial charge < -0.3 is 14.9 Å². The Hall–Kier alpha value is -1.26. The maximum Gasteiger partial charge on any atom is 0.128 e. The van der Waals surface area contributed by atoms with E-state index < -0.39 is 0 Å². The number of ether oxygens (including phenoxy) is 1. The number of halogens is 1. The lowest BCUT2D eigenvalue weighted by Crippen LogP contribution is -2.14. The van der Waals surface area contributed by atoms with Crippen molar-refractivity contribution in [1.29, 1.82) is 0 Å². The monoisotopic (exact) mass is 309 g/mol. The number of rotatable bonds is 4. The molecule has 0 saturated carbocycles. The normalized spacial score (nSPS) is 12.4. The Labute approximate surface area is 115 Å². The van der Waals surface area contributed by atoms with Gasteiger partial charge in [0, 0.05) is 10.0 Å². The topological polar surface area (TPSA) is 48.4 Å². The highest BCUT2D eigenvalue weighted by Crippen LogP contribution is 2.32. The van der Waals surface area contributed by atoms with Crippen LogP contribution in [0, 0.1) is 6.92 Å². The fourth-order valence-corrected chi connectivity index (χ4v) is 2.27. The average Bonchev–Trinajstić information content (AvgIpc) is 2.77. The van der Waals surface area contributed by atoms with Crippen LogP contribution in [0.2, 0.25) is 0 Å². The molecule has 0 bridgehead atoms. The minimum absolute atomic E-state index is 0.320. The third kappa shape index (κ3) is 2.60. The van der Waals surface area contributed by atoms with Crippen LogP contribution in [0.15, 0.2) is 39.4 Å². The molecule has 2 rings (SSSR count). The summed E-state index contributed by atoms with van der Waals surface area (Å²) in [6, 6.07) is 7.42. The Balaban J connectivity index is 2.43. The Morgan fingerprint density at radius 3 is 2.78 bits per heavy atom. The SMILES string of the molecule is CCOc1ccc(Br)cc1C(N)c1occc1C. The summed E-state index contributed by atoms with van der Waals surface area (Å²) in [6.45, 7) is 4.55. The van der Waals surface area contributed by atoms with E-state index in [9.17, 15) is 0 Å². The van der Waals surface area contributed by atoms with E-state index in [2.05, 4.69) is 15.9 Å². The van der Waals surface area contributed by atoms with Gasteiger partial charge in [-0.25, -0.2) is 0 Å². The van der Waals surface area contributed by atoms with E-state index in [0.29, 0.717) is 6.61 Å². The fourth-order valence-electron chi connectivity index (χ4n) is 1.89. The minimum Gasteiger partial charge on any atom is -0.494 e. The third-order valence-corrected chi connectivity index (χ3v) is 3.28. The summed E-state index contributed by atoms with van der Waals surface area (Å²) >= 11 is 3.46. The van der Waals surface area contributed by atoms with E-state index in [4.69, 9.17) is 14.9 Å². The van der Waals surface area contributed by atoms with E-state index in [1.54, 1.807) is 6.26 Å². The Morgan fingerprint density at radius 1 is 1.39 bits per heavy atom. The van der Waals surface area contributed by atoms with Crippen LogP contribution in [0.4, 0.5) is 0 Å². The smallest absolute Gasteiger partial charge is 0.128 e. The predicted molar refractivity (Wildman–Crippen MR) is 74.8 cm³/mol. The van der Waals surface area contributed by atoms with Crippen molar-refractivity contribution in [2.75, 3.05) is 6.61 Å². The van der Waals surface area contributed by atoms with E-state index in [1.807, 2.05) is 38.1 Å². The van der Waals surface area contributed by atoms with Crippen molar-refractivity contribution >= 4 is 15.9 Å². The van der Waals surface area contributed by atoms with Gasteiger partial charge in [0.15, 0.2) is 0 Å². The first-order chi connectivity index (χ1) is 8.63. The van der Waals surface area contributed by atoms with Crippen LogP contribution in [0.25, 0.3) is 0 Å².